The SMILES string of the molecule is CCOC(=O)[C@@H]1C[C@@H]2C[C@H](O)CC[C@H]2CN1C(=O)OC. The van der Waals surface area contributed by atoms with Gasteiger partial charge in [0.05, 0.1) is 19.8 Å². The minimum absolute atomic E-state index is 0.272. The van der Waals surface area contributed by atoms with E-state index in [9.17, 15) is 14.7 Å². The predicted octanol–water partition coefficient (Wildman–Crippen LogP) is 1.17. The van der Waals surface area contributed by atoms with Gasteiger partial charge in [0.2, 0.25) is 0 Å². The van der Waals surface area contributed by atoms with Crippen LogP contribution in [0.2, 0.25) is 0 Å². The van der Waals surface area contributed by atoms with Gasteiger partial charge in [-0.05, 0) is 44.4 Å². The van der Waals surface area contributed by atoms with Gasteiger partial charge in [0.1, 0.15) is 6.04 Å². The number of aliphatic hydroxyl groups excluding tert-OH is 1. The molecule has 1 heterocycles. The third-order valence-electron chi connectivity index (χ3n) is 4.41. The van der Waals surface area contributed by atoms with Crippen molar-refractivity contribution in [2.75, 3.05) is 20.3 Å². The van der Waals surface area contributed by atoms with Crippen LogP contribution >= 0.6 is 0 Å². The van der Waals surface area contributed by atoms with Gasteiger partial charge in [-0.2, -0.15) is 0 Å². The molecule has 0 aromatic rings. The van der Waals surface area contributed by atoms with Crippen LogP contribution in [-0.4, -0.2) is 54.5 Å². The maximum absolute atomic E-state index is 12.1. The van der Waals surface area contributed by atoms with Crippen molar-refractivity contribution in [3.63, 3.8) is 0 Å². The molecule has 1 aliphatic heterocycles. The highest BCUT2D eigenvalue weighted by molar-refractivity contribution is 5.81. The molecule has 20 heavy (non-hydrogen) atoms. The normalized spacial score (nSPS) is 33.2. The number of methoxy groups -OCH3 is 1. The van der Waals surface area contributed by atoms with Crippen molar-refractivity contribution in [1.82, 2.24) is 4.90 Å². The van der Waals surface area contributed by atoms with Crippen molar-refractivity contribution in [2.45, 2.75) is 44.8 Å². The van der Waals surface area contributed by atoms with E-state index >= 15 is 0 Å². The molecule has 1 aliphatic carbocycles. The van der Waals surface area contributed by atoms with E-state index in [2.05, 4.69) is 0 Å². The fourth-order valence-corrected chi connectivity index (χ4v) is 3.41. The highest BCUT2D eigenvalue weighted by Gasteiger charge is 2.44. The molecule has 1 amide bonds. The first kappa shape index (κ1) is 15.1. The zero-order valence-corrected chi connectivity index (χ0v) is 12.1. The number of hydrogen-bond donors (Lipinski definition) is 1. The summed E-state index contributed by atoms with van der Waals surface area (Å²) in [5.41, 5.74) is 0. The van der Waals surface area contributed by atoms with Gasteiger partial charge in [0.15, 0.2) is 0 Å². The average molecular weight is 285 g/mol. The first-order valence-electron chi connectivity index (χ1n) is 7.26. The maximum Gasteiger partial charge on any atom is 0.410 e. The van der Waals surface area contributed by atoms with Crippen LogP contribution in [-0.2, 0) is 14.3 Å². The smallest absolute Gasteiger partial charge is 0.410 e. The van der Waals surface area contributed by atoms with Crippen LogP contribution < -0.4 is 0 Å². The quantitative estimate of drug-likeness (QED) is 0.771. The van der Waals surface area contributed by atoms with Crippen molar-refractivity contribution in [2.24, 2.45) is 11.8 Å². The highest BCUT2D eigenvalue weighted by atomic mass is 16.6. The fraction of sp³-hybridized carbons (Fsp3) is 0.857. The Labute approximate surface area is 119 Å². The van der Waals surface area contributed by atoms with Crippen molar-refractivity contribution >= 4 is 12.1 Å². The average Bonchev–Trinajstić information content (AvgIpc) is 2.45. The lowest BCUT2D eigenvalue weighted by atomic mass is 9.72. The molecule has 2 rings (SSSR count). The Morgan fingerprint density at radius 2 is 2.00 bits per heavy atom. The third kappa shape index (κ3) is 3.06. The number of nitrogens with zero attached hydrogens (tertiary/aromatic N) is 1. The molecule has 0 unspecified atom stereocenters. The van der Waals surface area contributed by atoms with E-state index in [1.807, 2.05) is 0 Å². The molecule has 1 saturated carbocycles. The van der Waals surface area contributed by atoms with Crippen molar-refractivity contribution in [1.29, 1.82) is 0 Å². The molecular formula is C14H23NO5. The van der Waals surface area contributed by atoms with Gasteiger partial charge in [-0.25, -0.2) is 9.59 Å². The number of aliphatic hydroxyl groups is 1. The first-order valence-corrected chi connectivity index (χ1v) is 7.26. The van der Waals surface area contributed by atoms with E-state index in [0.717, 1.165) is 12.8 Å². The Bertz CT molecular complexity index is 373. The minimum atomic E-state index is -0.589. The summed E-state index contributed by atoms with van der Waals surface area (Å²) >= 11 is 0. The second-order valence-corrected chi connectivity index (χ2v) is 5.61. The lowest BCUT2D eigenvalue weighted by Crippen LogP contribution is -2.55. The second-order valence-electron chi connectivity index (χ2n) is 5.61. The molecule has 1 saturated heterocycles. The summed E-state index contributed by atoms with van der Waals surface area (Å²) in [6.07, 6.45) is 2.14. The van der Waals surface area contributed by atoms with Gasteiger partial charge < -0.3 is 14.6 Å². The number of rotatable bonds is 2. The van der Waals surface area contributed by atoms with E-state index in [4.69, 9.17) is 9.47 Å². The van der Waals surface area contributed by atoms with Gasteiger partial charge >= 0.3 is 12.1 Å². The lowest BCUT2D eigenvalue weighted by molar-refractivity contribution is -0.152. The van der Waals surface area contributed by atoms with Crippen molar-refractivity contribution in [3.05, 3.63) is 0 Å². The number of likely N-dealkylation sites (tertiary alicyclic amines) is 1. The number of esters is 1. The molecule has 2 aliphatic rings. The van der Waals surface area contributed by atoms with E-state index in [1.165, 1.54) is 12.0 Å². The second kappa shape index (κ2) is 6.43. The highest BCUT2D eigenvalue weighted by Crippen LogP contribution is 2.39. The van der Waals surface area contributed by atoms with Crippen LogP contribution in [0.1, 0.15) is 32.6 Å². The Morgan fingerprint density at radius 3 is 2.65 bits per heavy atom. The van der Waals surface area contributed by atoms with Crippen molar-refractivity contribution in [3.8, 4) is 0 Å². The topological polar surface area (TPSA) is 76.1 Å². The molecular weight excluding hydrogens is 262 g/mol. The Balaban J connectivity index is 2.13. The van der Waals surface area contributed by atoms with Gasteiger partial charge in [0, 0.05) is 6.54 Å². The largest absolute Gasteiger partial charge is 0.464 e. The van der Waals surface area contributed by atoms with Crippen LogP contribution in [0, 0.1) is 11.8 Å². The molecule has 6 nitrogen and oxygen atoms in total. The number of ether oxygens (including phenoxy) is 2. The number of carbonyl (C=O) groups excluding carboxylic acids is 2. The monoisotopic (exact) mass is 285 g/mol. The predicted molar refractivity (Wildman–Crippen MR) is 71.0 cm³/mol. The van der Waals surface area contributed by atoms with Crippen LogP contribution in [0.4, 0.5) is 4.79 Å². The number of fused-ring (bicyclic) bond motifs is 1. The fourth-order valence-electron chi connectivity index (χ4n) is 3.41. The molecule has 2 fully saturated rings. The number of amides is 1. The standard InChI is InChI=1S/C14H23NO5/c1-3-20-13(17)12-7-10-6-11(16)5-4-9(10)8-15(12)14(18)19-2/h9-12,16H,3-8H2,1-2H3/t9-,10-,11+,12-/m0/s1. The summed E-state index contributed by atoms with van der Waals surface area (Å²) in [6, 6.07) is -0.589. The first-order chi connectivity index (χ1) is 9.56. The molecule has 114 valence electrons. The number of piperidine rings is 1. The van der Waals surface area contributed by atoms with Crippen LogP contribution in [0.15, 0.2) is 0 Å². The Hall–Kier alpha value is -1.30. The molecule has 0 bridgehead atoms. The van der Waals surface area contributed by atoms with Crippen LogP contribution in [0.3, 0.4) is 0 Å². The zero-order valence-electron chi connectivity index (χ0n) is 12.1. The zero-order chi connectivity index (χ0) is 14.7. The van der Waals surface area contributed by atoms with E-state index in [-0.39, 0.29) is 18.0 Å². The summed E-state index contributed by atoms with van der Waals surface area (Å²) in [6.45, 7) is 2.55. The molecule has 1 N–H and O–H groups in total. The van der Waals surface area contributed by atoms with E-state index in [0.29, 0.717) is 31.9 Å². The molecule has 0 spiro atoms. The van der Waals surface area contributed by atoms with Gasteiger partial charge in [-0.15, -0.1) is 0 Å². The van der Waals surface area contributed by atoms with Gasteiger partial charge in [0.25, 0.3) is 0 Å². The molecule has 6 heteroatoms. The number of hydrogen-bond acceptors (Lipinski definition) is 5. The molecule has 0 radical (unpaired) electrons. The van der Waals surface area contributed by atoms with Gasteiger partial charge in [-0.3, -0.25) is 4.90 Å². The Morgan fingerprint density at radius 1 is 1.25 bits per heavy atom. The molecule has 4 atom stereocenters. The van der Waals surface area contributed by atoms with Gasteiger partial charge in [-0.1, -0.05) is 0 Å². The summed E-state index contributed by atoms with van der Waals surface area (Å²) in [5, 5.41) is 9.78. The maximum atomic E-state index is 12.1. The lowest BCUT2D eigenvalue weighted by Gasteiger charge is -2.45. The summed E-state index contributed by atoms with van der Waals surface area (Å²) < 4.78 is 9.84. The van der Waals surface area contributed by atoms with Crippen LogP contribution in [0.5, 0.6) is 0 Å². The Kier molecular flexibility index (Phi) is 4.86. The van der Waals surface area contributed by atoms with E-state index in [1.54, 1.807) is 6.92 Å². The van der Waals surface area contributed by atoms with Crippen LogP contribution in [0.25, 0.3) is 0 Å². The minimum Gasteiger partial charge on any atom is -0.464 e. The third-order valence-corrected chi connectivity index (χ3v) is 4.41. The summed E-state index contributed by atoms with van der Waals surface area (Å²) in [4.78, 5) is 25.4. The molecule has 0 aromatic heterocycles. The number of carbonyl (C=O) groups is 2. The van der Waals surface area contributed by atoms with Crippen molar-refractivity contribution < 1.29 is 24.2 Å². The summed E-state index contributed by atoms with van der Waals surface area (Å²) in [5.74, 6) is 0.230. The summed E-state index contributed by atoms with van der Waals surface area (Å²) in [7, 11) is 1.32. The van der Waals surface area contributed by atoms with E-state index < -0.39 is 12.1 Å². The molecule has 0 aromatic carbocycles.